The van der Waals surface area contributed by atoms with Gasteiger partial charge in [0.2, 0.25) is 11.8 Å². The SMILES string of the molecule is COc1ccc(CCNC(=O)[C@H](CCc2ccccc2)NC(=O)c2ccc3c(c2)c(CC(N)=O)cn3Cc2ccc(C)cc2)cc1. The first-order valence-electron chi connectivity index (χ1n) is 15.5. The van der Waals surface area contributed by atoms with Crippen molar-refractivity contribution in [1.82, 2.24) is 15.2 Å². The number of carbonyl (C=O) groups is 3. The summed E-state index contributed by atoms with van der Waals surface area (Å²) in [6.07, 6.45) is 3.69. The summed E-state index contributed by atoms with van der Waals surface area (Å²) in [5.41, 5.74) is 12.1. The van der Waals surface area contributed by atoms with Crippen molar-refractivity contribution >= 4 is 28.6 Å². The van der Waals surface area contributed by atoms with E-state index in [1.54, 1.807) is 19.2 Å². The van der Waals surface area contributed by atoms with Gasteiger partial charge in [0.15, 0.2) is 0 Å². The molecule has 0 bridgehead atoms. The van der Waals surface area contributed by atoms with E-state index in [1.165, 1.54) is 5.56 Å². The van der Waals surface area contributed by atoms with Crippen LogP contribution in [0.4, 0.5) is 0 Å². The third kappa shape index (κ3) is 8.41. The number of hydrogen-bond donors (Lipinski definition) is 3. The van der Waals surface area contributed by atoms with E-state index >= 15 is 0 Å². The van der Waals surface area contributed by atoms with Gasteiger partial charge in [-0.2, -0.15) is 0 Å². The summed E-state index contributed by atoms with van der Waals surface area (Å²) in [4.78, 5) is 39.0. The zero-order valence-electron chi connectivity index (χ0n) is 26.3. The Bertz CT molecular complexity index is 1800. The fourth-order valence-electron chi connectivity index (χ4n) is 5.57. The molecule has 0 unspecified atom stereocenters. The molecule has 0 radical (unpaired) electrons. The largest absolute Gasteiger partial charge is 0.497 e. The van der Waals surface area contributed by atoms with Gasteiger partial charge >= 0.3 is 0 Å². The summed E-state index contributed by atoms with van der Waals surface area (Å²) in [6.45, 7) is 3.09. The van der Waals surface area contributed by atoms with E-state index < -0.39 is 11.9 Å². The molecule has 0 aliphatic rings. The highest BCUT2D eigenvalue weighted by molar-refractivity contribution is 6.01. The minimum atomic E-state index is -0.740. The molecule has 0 saturated carbocycles. The van der Waals surface area contributed by atoms with Crippen molar-refractivity contribution in [3.63, 3.8) is 0 Å². The van der Waals surface area contributed by atoms with E-state index in [1.807, 2.05) is 73.8 Å². The Hall–Kier alpha value is -5.37. The standard InChI is InChI=1S/C38H40N4O4/c1-26-8-10-29(11-9-26)24-42-25-31(23-36(39)43)33-22-30(15-19-35(33)42)37(44)41-34(18-14-27-6-4-3-5-7-27)38(45)40-21-20-28-12-16-32(46-2)17-13-28/h3-13,15-17,19,22,25,34H,14,18,20-21,23-24H2,1-2H3,(H2,39,43)(H,40,45)(H,41,44)/t34-/m0/s1. The van der Waals surface area contributed by atoms with Crippen molar-refractivity contribution in [3.8, 4) is 5.75 Å². The molecule has 5 rings (SSSR count). The number of hydrogen-bond acceptors (Lipinski definition) is 4. The molecule has 0 spiro atoms. The third-order valence-electron chi connectivity index (χ3n) is 8.12. The first-order valence-corrected chi connectivity index (χ1v) is 15.5. The Morgan fingerprint density at radius 2 is 1.54 bits per heavy atom. The smallest absolute Gasteiger partial charge is 0.251 e. The molecular weight excluding hydrogens is 576 g/mol. The fraction of sp³-hybridized carbons (Fsp3) is 0.237. The molecule has 8 nitrogen and oxygen atoms in total. The number of primary amides is 1. The van der Waals surface area contributed by atoms with Gasteiger partial charge in [-0.05, 0) is 78.8 Å². The predicted molar refractivity (Wildman–Crippen MR) is 181 cm³/mol. The molecule has 4 aromatic carbocycles. The summed E-state index contributed by atoms with van der Waals surface area (Å²) in [5.74, 6) is -0.269. The third-order valence-corrected chi connectivity index (χ3v) is 8.12. The Labute approximate surface area is 269 Å². The Morgan fingerprint density at radius 3 is 2.24 bits per heavy atom. The Morgan fingerprint density at radius 1 is 0.848 bits per heavy atom. The lowest BCUT2D eigenvalue weighted by Gasteiger charge is -2.19. The van der Waals surface area contributed by atoms with Crippen LogP contribution in [0, 0.1) is 6.92 Å². The van der Waals surface area contributed by atoms with Gasteiger partial charge in [0.25, 0.3) is 5.91 Å². The van der Waals surface area contributed by atoms with Crippen molar-refractivity contribution in [2.24, 2.45) is 5.73 Å². The number of fused-ring (bicyclic) bond motifs is 1. The lowest BCUT2D eigenvalue weighted by molar-refractivity contribution is -0.123. The van der Waals surface area contributed by atoms with Crippen LogP contribution >= 0.6 is 0 Å². The molecule has 4 N–H and O–H groups in total. The number of rotatable bonds is 14. The van der Waals surface area contributed by atoms with Gasteiger partial charge in [0.1, 0.15) is 11.8 Å². The molecule has 46 heavy (non-hydrogen) atoms. The van der Waals surface area contributed by atoms with Crippen molar-refractivity contribution in [2.75, 3.05) is 13.7 Å². The number of aryl methyl sites for hydroxylation is 2. The van der Waals surface area contributed by atoms with Crippen LogP contribution in [0.5, 0.6) is 5.75 Å². The molecule has 8 heteroatoms. The number of benzene rings is 4. The number of nitrogens with zero attached hydrogens (tertiary/aromatic N) is 1. The molecule has 236 valence electrons. The van der Waals surface area contributed by atoms with Gasteiger partial charge in [-0.15, -0.1) is 0 Å². The zero-order chi connectivity index (χ0) is 32.5. The van der Waals surface area contributed by atoms with E-state index in [0.29, 0.717) is 37.9 Å². The Kier molecular flexibility index (Phi) is 10.5. The maximum atomic E-state index is 13.6. The van der Waals surface area contributed by atoms with Gasteiger partial charge < -0.3 is 25.7 Å². The minimum Gasteiger partial charge on any atom is -0.497 e. The number of nitrogens with one attached hydrogen (secondary N) is 2. The van der Waals surface area contributed by atoms with Crippen LogP contribution in [0.3, 0.4) is 0 Å². The topological polar surface area (TPSA) is 115 Å². The highest BCUT2D eigenvalue weighted by Gasteiger charge is 2.22. The number of aromatic nitrogens is 1. The average molecular weight is 617 g/mol. The van der Waals surface area contributed by atoms with Crippen molar-refractivity contribution < 1.29 is 19.1 Å². The van der Waals surface area contributed by atoms with Crippen molar-refractivity contribution in [3.05, 3.63) is 137 Å². The number of nitrogens with two attached hydrogens (primary N) is 1. The van der Waals surface area contributed by atoms with E-state index in [9.17, 15) is 14.4 Å². The highest BCUT2D eigenvalue weighted by atomic mass is 16.5. The minimum absolute atomic E-state index is 0.0543. The number of ether oxygens (including phenoxy) is 1. The summed E-state index contributed by atoms with van der Waals surface area (Å²) >= 11 is 0. The lowest BCUT2D eigenvalue weighted by Crippen LogP contribution is -2.47. The first-order chi connectivity index (χ1) is 22.3. The second-order valence-corrected chi connectivity index (χ2v) is 11.6. The maximum Gasteiger partial charge on any atom is 0.251 e. The van der Waals surface area contributed by atoms with Crippen molar-refractivity contribution in [1.29, 1.82) is 0 Å². The van der Waals surface area contributed by atoms with Gasteiger partial charge in [-0.1, -0.05) is 72.3 Å². The molecule has 1 atom stereocenters. The quantitative estimate of drug-likeness (QED) is 0.161. The second kappa shape index (κ2) is 15.1. The van der Waals surface area contributed by atoms with Crippen LogP contribution in [-0.4, -0.2) is 42.0 Å². The van der Waals surface area contributed by atoms with Crippen LogP contribution in [0.1, 0.15) is 44.6 Å². The Balaban J connectivity index is 1.33. The molecule has 0 saturated heterocycles. The van der Waals surface area contributed by atoms with E-state index in [2.05, 4.69) is 39.5 Å². The first kappa shape index (κ1) is 32.0. The molecular formula is C38H40N4O4. The monoisotopic (exact) mass is 616 g/mol. The van der Waals surface area contributed by atoms with Gasteiger partial charge in [-0.3, -0.25) is 14.4 Å². The van der Waals surface area contributed by atoms with E-state index in [0.717, 1.165) is 38.9 Å². The molecule has 0 fully saturated rings. The summed E-state index contributed by atoms with van der Waals surface area (Å²) in [6, 6.07) is 30.6. The van der Waals surface area contributed by atoms with Crippen LogP contribution in [0.25, 0.3) is 10.9 Å². The van der Waals surface area contributed by atoms with Gasteiger partial charge in [0, 0.05) is 35.8 Å². The molecule has 0 aliphatic carbocycles. The zero-order valence-corrected chi connectivity index (χ0v) is 26.3. The van der Waals surface area contributed by atoms with Crippen LogP contribution in [0.2, 0.25) is 0 Å². The predicted octanol–water partition coefficient (Wildman–Crippen LogP) is 5.12. The fourth-order valence-corrected chi connectivity index (χ4v) is 5.57. The summed E-state index contributed by atoms with van der Waals surface area (Å²) in [5, 5.41) is 6.76. The van der Waals surface area contributed by atoms with Crippen LogP contribution in [0.15, 0.2) is 103 Å². The maximum absolute atomic E-state index is 13.6. The average Bonchev–Trinajstić information content (AvgIpc) is 3.39. The van der Waals surface area contributed by atoms with Gasteiger partial charge in [-0.25, -0.2) is 0 Å². The molecule has 5 aromatic rings. The van der Waals surface area contributed by atoms with Crippen molar-refractivity contribution in [2.45, 2.75) is 45.2 Å². The second-order valence-electron chi connectivity index (χ2n) is 11.6. The number of amides is 3. The summed E-state index contributed by atoms with van der Waals surface area (Å²) < 4.78 is 7.29. The van der Waals surface area contributed by atoms with Gasteiger partial charge in [0.05, 0.1) is 13.5 Å². The molecule has 0 aliphatic heterocycles. The van der Waals surface area contributed by atoms with Crippen LogP contribution < -0.4 is 21.1 Å². The van der Waals surface area contributed by atoms with E-state index in [-0.39, 0.29) is 18.2 Å². The molecule has 1 aromatic heterocycles. The van der Waals surface area contributed by atoms with Crippen LogP contribution in [-0.2, 0) is 35.4 Å². The van der Waals surface area contributed by atoms with E-state index in [4.69, 9.17) is 10.5 Å². The molecule has 1 heterocycles. The lowest BCUT2D eigenvalue weighted by atomic mass is 10.0. The normalized spacial score (nSPS) is 11.6. The number of methoxy groups -OCH3 is 1. The molecule has 3 amide bonds. The summed E-state index contributed by atoms with van der Waals surface area (Å²) in [7, 11) is 1.62. The highest BCUT2D eigenvalue weighted by Crippen LogP contribution is 2.25. The number of carbonyl (C=O) groups excluding carboxylic acids is 3.